The smallest absolute Gasteiger partial charge is 0.227 e. The van der Waals surface area contributed by atoms with Gasteiger partial charge >= 0.3 is 6.18 Å². The molecule has 0 aliphatic heterocycles. The number of nitrogens with zero attached hydrogens (tertiary/aromatic N) is 3. The van der Waals surface area contributed by atoms with Gasteiger partial charge in [-0.15, -0.1) is 0 Å². The van der Waals surface area contributed by atoms with Crippen molar-refractivity contribution in [2.75, 3.05) is 7.05 Å². The van der Waals surface area contributed by atoms with Crippen molar-refractivity contribution >= 4 is 10.0 Å². The fourth-order valence-corrected chi connectivity index (χ4v) is 2.56. The van der Waals surface area contributed by atoms with Crippen molar-refractivity contribution in [3.8, 4) is 17.3 Å². The van der Waals surface area contributed by atoms with Gasteiger partial charge in [0.25, 0.3) is 0 Å². The van der Waals surface area contributed by atoms with Crippen LogP contribution in [-0.2, 0) is 16.2 Å². The lowest BCUT2D eigenvalue weighted by Crippen LogP contribution is -2.19. The molecule has 0 unspecified atom stereocenters. The highest BCUT2D eigenvalue weighted by atomic mass is 32.2. The number of alkyl halides is 3. The molecule has 1 aromatic heterocycles. The van der Waals surface area contributed by atoms with Crippen molar-refractivity contribution in [2.45, 2.75) is 11.1 Å². The van der Waals surface area contributed by atoms with Gasteiger partial charge in [-0.1, -0.05) is 0 Å². The van der Waals surface area contributed by atoms with E-state index in [0.717, 1.165) is 19.2 Å². The third-order valence-corrected chi connectivity index (χ3v) is 4.26. The lowest BCUT2D eigenvalue weighted by atomic mass is 10.1. The Labute approximate surface area is 129 Å². The third-order valence-electron chi connectivity index (χ3n) is 2.86. The van der Waals surface area contributed by atoms with E-state index in [1.54, 1.807) is 6.07 Å². The summed E-state index contributed by atoms with van der Waals surface area (Å²) >= 11 is 0. The summed E-state index contributed by atoms with van der Waals surface area (Å²) in [5.74, 6) is -0.238. The maximum absolute atomic E-state index is 13.0. The van der Waals surface area contributed by atoms with Crippen molar-refractivity contribution in [2.24, 2.45) is 0 Å². The molecule has 10 heteroatoms. The van der Waals surface area contributed by atoms with Crippen LogP contribution in [0, 0.1) is 11.3 Å². The monoisotopic (exact) mass is 342 g/mol. The fourth-order valence-electron chi connectivity index (χ4n) is 1.76. The predicted molar refractivity (Wildman–Crippen MR) is 73.4 cm³/mol. The normalized spacial score (nSPS) is 12.0. The SMILES string of the molecule is CNS(=O)(=O)c1cc(-c2ccnc(C#N)n2)cc(C(F)(F)F)c1. The van der Waals surface area contributed by atoms with E-state index in [1.807, 2.05) is 4.72 Å². The fraction of sp³-hybridized carbons (Fsp3) is 0.154. The molecule has 0 saturated carbocycles. The van der Waals surface area contributed by atoms with Crippen LogP contribution in [0.25, 0.3) is 11.3 Å². The zero-order valence-electron chi connectivity index (χ0n) is 11.6. The lowest BCUT2D eigenvalue weighted by Gasteiger charge is -2.12. The molecule has 0 radical (unpaired) electrons. The number of sulfonamides is 1. The Morgan fingerprint density at radius 1 is 1.26 bits per heavy atom. The topological polar surface area (TPSA) is 95.7 Å². The highest BCUT2D eigenvalue weighted by Gasteiger charge is 2.32. The summed E-state index contributed by atoms with van der Waals surface area (Å²) in [5, 5.41) is 8.75. The molecular formula is C13H9F3N4O2S. The number of nitrogens with one attached hydrogen (secondary N) is 1. The summed E-state index contributed by atoms with van der Waals surface area (Å²) < 4.78 is 64.6. The summed E-state index contributed by atoms with van der Waals surface area (Å²) in [7, 11) is -2.99. The van der Waals surface area contributed by atoms with Gasteiger partial charge in [0, 0.05) is 11.8 Å². The predicted octanol–water partition coefficient (Wildman–Crippen LogP) is 1.94. The molecule has 0 aliphatic carbocycles. The molecule has 0 bridgehead atoms. The van der Waals surface area contributed by atoms with Gasteiger partial charge in [0.1, 0.15) is 6.07 Å². The Kier molecular flexibility index (Phi) is 4.35. The standard InChI is InChI=1S/C13H9F3N4O2S/c1-18-23(21,22)10-5-8(4-9(6-10)13(14,15)16)11-2-3-19-12(7-17)20-11/h2-6,18H,1H3. The van der Waals surface area contributed by atoms with Crippen LogP contribution in [0.4, 0.5) is 13.2 Å². The molecule has 0 atom stereocenters. The zero-order valence-corrected chi connectivity index (χ0v) is 12.4. The quantitative estimate of drug-likeness (QED) is 0.920. The molecule has 2 rings (SSSR count). The molecular weight excluding hydrogens is 333 g/mol. The Morgan fingerprint density at radius 3 is 2.52 bits per heavy atom. The first-order valence-corrected chi connectivity index (χ1v) is 7.55. The average molecular weight is 342 g/mol. The second kappa shape index (κ2) is 5.94. The number of halogens is 3. The van der Waals surface area contributed by atoms with E-state index in [0.29, 0.717) is 6.07 Å². The molecule has 1 aromatic carbocycles. The summed E-state index contributed by atoms with van der Waals surface area (Å²) in [6.07, 6.45) is -3.54. The molecule has 1 heterocycles. The van der Waals surface area contributed by atoms with E-state index in [1.165, 1.54) is 12.3 Å². The molecule has 0 amide bonds. The van der Waals surface area contributed by atoms with E-state index >= 15 is 0 Å². The Morgan fingerprint density at radius 2 is 1.96 bits per heavy atom. The molecule has 0 spiro atoms. The molecule has 120 valence electrons. The molecule has 0 aliphatic rings. The third kappa shape index (κ3) is 3.64. The molecule has 23 heavy (non-hydrogen) atoms. The van der Waals surface area contributed by atoms with Crippen LogP contribution in [0.1, 0.15) is 11.4 Å². The minimum absolute atomic E-state index is 0.00945. The summed E-state index contributed by atoms with van der Waals surface area (Å²) in [5.41, 5.74) is -1.22. The second-order valence-electron chi connectivity index (χ2n) is 4.33. The summed E-state index contributed by atoms with van der Waals surface area (Å²) in [4.78, 5) is 6.84. The van der Waals surface area contributed by atoms with Crippen LogP contribution in [0.2, 0.25) is 0 Å². The second-order valence-corrected chi connectivity index (χ2v) is 6.22. The minimum Gasteiger partial charge on any atom is -0.227 e. The summed E-state index contributed by atoms with van der Waals surface area (Å²) in [6, 6.07) is 5.28. The van der Waals surface area contributed by atoms with Gasteiger partial charge in [-0.05, 0) is 31.3 Å². The van der Waals surface area contributed by atoms with E-state index < -0.39 is 26.7 Å². The van der Waals surface area contributed by atoms with Crippen molar-refractivity contribution in [3.05, 3.63) is 41.9 Å². The van der Waals surface area contributed by atoms with Gasteiger partial charge in [-0.2, -0.15) is 18.4 Å². The van der Waals surface area contributed by atoms with Gasteiger partial charge < -0.3 is 0 Å². The number of nitriles is 1. The van der Waals surface area contributed by atoms with Crippen LogP contribution >= 0.6 is 0 Å². The Hall–Kier alpha value is -2.51. The zero-order chi connectivity index (χ0) is 17.3. The van der Waals surface area contributed by atoms with Crippen LogP contribution in [0.5, 0.6) is 0 Å². The van der Waals surface area contributed by atoms with Crippen LogP contribution in [0.15, 0.2) is 35.4 Å². The number of benzene rings is 1. The van der Waals surface area contributed by atoms with Crippen LogP contribution in [0.3, 0.4) is 0 Å². The maximum Gasteiger partial charge on any atom is 0.416 e. The lowest BCUT2D eigenvalue weighted by molar-refractivity contribution is -0.137. The van der Waals surface area contributed by atoms with Crippen molar-refractivity contribution in [1.82, 2.24) is 14.7 Å². The van der Waals surface area contributed by atoms with Gasteiger partial charge in [0.15, 0.2) is 0 Å². The number of hydrogen-bond donors (Lipinski definition) is 1. The number of aromatic nitrogens is 2. The summed E-state index contributed by atoms with van der Waals surface area (Å²) in [6.45, 7) is 0. The largest absolute Gasteiger partial charge is 0.416 e. The van der Waals surface area contributed by atoms with Gasteiger partial charge in [0.2, 0.25) is 15.8 Å². The van der Waals surface area contributed by atoms with Gasteiger partial charge in [-0.25, -0.2) is 23.1 Å². The number of rotatable bonds is 3. The molecule has 0 fully saturated rings. The molecule has 0 saturated heterocycles. The van der Waals surface area contributed by atoms with Gasteiger partial charge in [-0.3, -0.25) is 0 Å². The highest BCUT2D eigenvalue weighted by molar-refractivity contribution is 7.89. The first-order chi connectivity index (χ1) is 10.7. The van der Waals surface area contributed by atoms with Crippen molar-refractivity contribution in [1.29, 1.82) is 5.26 Å². The highest BCUT2D eigenvalue weighted by Crippen LogP contribution is 2.34. The van der Waals surface area contributed by atoms with Crippen LogP contribution < -0.4 is 4.72 Å². The Balaban J connectivity index is 2.73. The van der Waals surface area contributed by atoms with E-state index in [9.17, 15) is 21.6 Å². The van der Waals surface area contributed by atoms with Crippen molar-refractivity contribution < 1.29 is 21.6 Å². The molecule has 1 N–H and O–H groups in total. The minimum atomic E-state index is -4.74. The maximum atomic E-state index is 13.0. The number of hydrogen-bond acceptors (Lipinski definition) is 5. The van der Waals surface area contributed by atoms with E-state index in [-0.39, 0.29) is 17.1 Å². The van der Waals surface area contributed by atoms with E-state index in [4.69, 9.17) is 5.26 Å². The first-order valence-electron chi connectivity index (χ1n) is 6.07. The average Bonchev–Trinajstić information content (AvgIpc) is 2.53. The Bertz CT molecular complexity index is 889. The van der Waals surface area contributed by atoms with Gasteiger partial charge in [0.05, 0.1) is 16.2 Å². The molecule has 6 nitrogen and oxygen atoms in total. The van der Waals surface area contributed by atoms with Crippen molar-refractivity contribution in [3.63, 3.8) is 0 Å². The molecule has 2 aromatic rings. The first kappa shape index (κ1) is 16.9. The van der Waals surface area contributed by atoms with Crippen LogP contribution in [-0.4, -0.2) is 25.4 Å². The van der Waals surface area contributed by atoms with E-state index in [2.05, 4.69) is 9.97 Å².